The monoisotopic (exact) mass is 379 g/mol. The Bertz CT molecular complexity index is 767. The van der Waals surface area contributed by atoms with Crippen molar-refractivity contribution in [1.29, 1.82) is 0 Å². The van der Waals surface area contributed by atoms with E-state index in [-0.39, 0.29) is 13.2 Å². The van der Waals surface area contributed by atoms with Crippen molar-refractivity contribution in [3.63, 3.8) is 0 Å². The topological polar surface area (TPSA) is 79.8 Å². The maximum absolute atomic E-state index is 11.7. The van der Waals surface area contributed by atoms with Gasteiger partial charge < -0.3 is 10.1 Å². The highest BCUT2D eigenvalue weighted by Gasteiger charge is 2.08. The number of nitrogens with zero attached hydrogens (tertiary/aromatic N) is 1. The summed E-state index contributed by atoms with van der Waals surface area (Å²) in [5.74, 6) is -0.587. The predicted octanol–water partition coefficient (Wildman–Crippen LogP) is 2.64. The fourth-order valence-electron chi connectivity index (χ4n) is 1.72. The minimum Gasteiger partial charge on any atom is -0.482 e. The molecule has 6 nitrogen and oxygen atoms in total. The Balaban J connectivity index is 1.68. The number of amides is 2. The lowest BCUT2D eigenvalue weighted by atomic mass is 10.2. The molecule has 0 heterocycles. The molecule has 0 aliphatic heterocycles. The molecule has 0 radical (unpaired) electrons. The van der Waals surface area contributed by atoms with E-state index in [9.17, 15) is 9.59 Å². The van der Waals surface area contributed by atoms with Gasteiger partial charge in [0.05, 0.1) is 17.8 Å². The number of nitrogens with one attached hydrogen (secondary N) is 2. The second kappa shape index (κ2) is 9.66. The van der Waals surface area contributed by atoms with Crippen LogP contribution in [0.5, 0.6) is 5.75 Å². The SMILES string of the molecule is O=C(COc1ccc(Cl)cc1Cl)NCC(=O)N/N=C/c1ccccc1. The van der Waals surface area contributed by atoms with Crippen molar-refractivity contribution in [2.45, 2.75) is 0 Å². The number of hydrazone groups is 1. The molecule has 0 bridgehead atoms. The number of ether oxygens (including phenoxy) is 1. The van der Waals surface area contributed by atoms with Crippen molar-refractivity contribution in [2.24, 2.45) is 5.10 Å². The number of benzene rings is 2. The van der Waals surface area contributed by atoms with E-state index >= 15 is 0 Å². The number of hydrogen-bond donors (Lipinski definition) is 2. The first-order chi connectivity index (χ1) is 12.0. The fraction of sp³-hybridized carbons (Fsp3) is 0.118. The molecule has 2 aromatic carbocycles. The molecule has 0 spiro atoms. The van der Waals surface area contributed by atoms with Gasteiger partial charge in [-0.3, -0.25) is 9.59 Å². The van der Waals surface area contributed by atoms with Crippen LogP contribution < -0.4 is 15.5 Å². The Morgan fingerprint density at radius 1 is 1.08 bits per heavy atom. The second-order valence-electron chi connectivity index (χ2n) is 4.84. The number of halogens is 2. The summed E-state index contributed by atoms with van der Waals surface area (Å²) >= 11 is 11.7. The molecule has 0 saturated carbocycles. The summed E-state index contributed by atoms with van der Waals surface area (Å²) in [4.78, 5) is 23.3. The summed E-state index contributed by atoms with van der Waals surface area (Å²) in [5.41, 5.74) is 3.16. The van der Waals surface area contributed by atoms with Crippen molar-refractivity contribution in [2.75, 3.05) is 13.2 Å². The van der Waals surface area contributed by atoms with Gasteiger partial charge in [0, 0.05) is 5.02 Å². The third kappa shape index (κ3) is 6.82. The van der Waals surface area contributed by atoms with E-state index in [1.165, 1.54) is 12.3 Å². The van der Waals surface area contributed by atoms with Gasteiger partial charge in [0.15, 0.2) is 6.61 Å². The zero-order chi connectivity index (χ0) is 18.1. The molecule has 0 unspecified atom stereocenters. The van der Waals surface area contributed by atoms with Gasteiger partial charge in [-0.2, -0.15) is 5.10 Å². The average molecular weight is 380 g/mol. The molecule has 0 aliphatic carbocycles. The first kappa shape index (κ1) is 18.8. The van der Waals surface area contributed by atoms with Crippen molar-refractivity contribution in [1.82, 2.24) is 10.7 Å². The van der Waals surface area contributed by atoms with Crippen LogP contribution in [0.4, 0.5) is 0 Å². The summed E-state index contributed by atoms with van der Waals surface area (Å²) in [6, 6.07) is 13.9. The molecule has 2 amide bonds. The number of carbonyl (C=O) groups is 2. The van der Waals surface area contributed by atoms with Crippen LogP contribution >= 0.6 is 23.2 Å². The molecule has 8 heteroatoms. The highest BCUT2D eigenvalue weighted by molar-refractivity contribution is 6.35. The molecule has 130 valence electrons. The minimum absolute atomic E-state index is 0.220. The number of carbonyl (C=O) groups excluding carboxylic acids is 2. The van der Waals surface area contributed by atoms with Crippen LogP contribution in [0.25, 0.3) is 0 Å². The average Bonchev–Trinajstić information content (AvgIpc) is 2.60. The minimum atomic E-state index is -0.465. The van der Waals surface area contributed by atoms with Gasteiger partial charge in [-0.05, 0) is 23.8 Å². The van der Waals surface area contributed by atoms with Crippen LogP contribution in [-0.2, 0) is 9.59 Å². The van der Waals surface area contributed by atoms with E-state index in [2.05, 4.69) is 15.8 Å². The standard InChI is InChI=1S/C17H15Cl2N3O3/c18-13-6-7-15(14(19)8-13)25-11-17(24)20-10-16(23)22-21-9-12-4-2-1-3-5-12/h1-9H,10-11H2,(H,20,24)(H,22,23)/b21-9+. The van der Waals surface area contributed by atoms with E-state index in [0.29, 0.717) is 15.8 Å². The third-order valence-corrected chi connectivity index (χ3v) is 3.43. The summed E-state index contributed by atoms with van der Waals surface area (Å²) in [5, 5.41) is 6.98. The lowest BCUT2D eigenvalue weighted by molar-refractivity contribution is -0.127. The summed E-state index contributed by atoms with van der Waals surface area (Å²) < 4.78 is 5.26. The molecule has 0 saturated heterocycles. The first-order valence-electron chi connectivity index (χ1n) is 7.26. The Hall–Kier alpha value is -2.57. The van der Waals surface area contributed by atoms with E-state index in [0.717, 1.165) is 5.56 Å². The van der Waals surface area contributed by atoms with Gasteiger partial charge in [-0.1, -0.05) is 53.5 Å². The highest BCUT2D eigenvalue weighted by Crippen LogP contribution is 2.27. The van der Waals surface area contributed by atoms with Gasteiger partial charge in [-0.15, -0.1) is 0 Å². The quantitative estimate of drug-likeness (QED) is 0.573. The van der Waals surface area contributed by atoms with Gasteiger partial charge in [0.25, 0.3) is 11.8 Å². The Kier molecular flexibility index (Phi) is 7.25. The molecule has 2 rings (SSSR count). The third-order valence-electron chi connectivity index (χ3n) is 2.90. The molecule has 0 aromatic heterocycles. The lowest BCUT2D eigenvalue weighted by Crippen LogP contribution is -2.37. The molecular weight excluding hydrogens is 365 g/mol. The van der Waals surface area contributed by atoms with Crippen LogP contribution in [0, 0.1) is 0 Å². The van der Waals surface area contributed by atoms with Crippen LogP contribution in [0.3, 0.4) is 0 Å². The Morgan fingerprint density at radius 2 is 1.84 bits per heavy atom. The molecule has 0 fully saturated rings. The first-order valence-corrected chi connectivity index (χ1v) is 8.01. The van der Waals surface area contributed by atoms with E-state index in [1.807, 2.05) is 30.3 Å². The smallest absolute Gasteiger partial charge is 0.259 e. The zero-order valence-electron chi connectivity index (χ0n) is 13.0. The van der Waals surface area contributed by atoms with Gasteiger partial charge in [0.1, 0.15) is 5.75 Å². The van der Waals surface area contributed by atoms with Crippen LogP contribution in [0.1, 0.15) is 5.56 Å². The maximum Gasteiger partial charge on any atom is 0.259 e. The predicted molar refractivity (Wildman–Crippen MR) is 97.1 cm³/mol. The van der Waals surface area contributed by atoms with Crippen LogP contribution in [0.2, 0.25) is 10.0 Å². The highest BCUT2D eigenvalue weighted by atomic mass is 35.5. The summed E-state index contributed by atoms with van der Waals surface area (Å²) in [6.45, 7) is -0.495. The maximum atomic E-state index is 11.7. The van der Waals surface area contributed by atoms with Crippen LogP contribution in [0.15, 0.2) is 53.6 Å². The summed E-state index contributed by atoms with van der Waals surface area (Å²) in [6.07, 6.45) is 1.51. The van der Waals surface area contributed by atoms with E-state index < -0.39 is 11.8 Å². The Labute approximate surface area is 154 Å². The molecule has 0 atom stereocenters. The van der Waals surface area contributed by atoms with Crippen LogP contribution in [-0.4, -0.2) is 31.2 Å². The van der Waals surface area contributed by atoms with Gasteiger partial charge in [-0.25, -0.2) is 5.43 Å². The van der Waals surface area contributed by atoms with Gasteiger partial charge in [0.2, 0.25) is 0 Å². The molecule has 2 aromatic rings. The molecule has 25 heavy (non-hydrogen) atoms. The largest absolute Gasteiger partial charge is 0.482 e. The molecule has 0 aliphatic rings. The van der Waals surface area contributed by atoms with Crippen molar-refractivity contribution < 1.29 is 14.3 Å². The van der Waals surface area contributed by atoms with Crippen molar-refractivity contribution >= 4 is 41.2 Å². The number of rotatable bonds is 7. The molecular formula is C17H15Cl2N3O3. The van der Waals surface area contributed by atoms with E-state index in [4.69, 9.17) is 27.9 Å². The second-order valence-corrected chi connectivity index (χ2v) is 5.69. The normalized spacial score (nSPS) is 10.5. The zero-order valence-corrected chi connectivity index (χ0v) is 14.6. The van der Waals surface area contributed by atoms with Crippen molar-refractivity contribution in [3.05, 3.63) is 64.1 Å². The number of hydrogen-bond acceptors (Lipinski definition) is 4. The molecule has 2 N–H and O–H groups in total. The fourth-order valence-corrected chi connectivity index (χ4v) is 2.19. The van der Waals surface area contributed by atoms with E-state index in [1.54, 1.807) is 12.1 Å². The Morgan fingerprint density at radius 3 is 2.56 bits per heavy atom. The van der Waals surface area contributed by atoms with Gasteiger partial charge >= 0.3 is 0 Å². The summed E-state index contributed by atoms with van der Waals surface area (Å²) in [7, 11) is 0. The lowest BCUT2D eigenvalue weighted by Gasteiger charge is -2.08. The van der Waals surface area contributed by atoms with Crippen molar-refractivity contribution in [3.8, 4) is 5.75 Å².